The van der Waals surface area contributed by atoms with Crippen LogP contribution in [0.25, 0.3) is 23.3 Å². The van der Waals surface area contributed by atoms with Crippen LogP contribution in [0.1, 0.15) is 38.8 Å². The average molecular weight is 412 g/mol. The van der Waals surface area contributed by atoms with Crippen LogP contribution in [-0.4, -0.2) is 18.3 Å². The SMILES string of the molecule is CC1(C)OB(c2cccc(-c3cccc4c3C=Cc3ccccc3S4)c2)OC1(C)C. The Morgan fingerprint density at radius 1 is 0.733 bits per heavy atom. The van der Waals surface area contributed by atoms with E-state index in [1.54, 1.807) is 0 Å². The average Bonchev–Trinajstić information content (AvgIpc) is 2.86. The van der Waals surface area contributed by atoms with Crippen LogP contribution in [0.15, 0.2) is 76.5 Å². The molecule has 0 unspecified atom stereocenters. The van der Waals surface area contributed by atoms with Gasteiger partial charge in [0.15, 0.2) is 0 Å². The lowest BCUT2D eigenvalue weighted by Crippen LogP contribution is -2.41. The molecule has 3 aromatic carbocycles. The van der Waals surface area contributed by atoms with Gasteiger partial charge in [0.2, 0.25) is 0 Å². The Morgan fingerprint density at radius 3 is 2.23 bits per heavy atom. The van der Waals surface area contributed by atoms with Gasteiger partial charge in [0.1, 0.15) is 0 Å². The fourth-order valence-corrected chi connectivity index (χ4v) is 4.96. The maximum atomic E-state index is 6.28. The van der Waals surface area contributed by atoms with Gasteiger partial charge in [-0.2, -0.15) is 0 Å². The van der Waals surface area contributed by atoms with Gasteiger partial charge in [0, 0.05) is 9.79 Å². The van der Waals surface area contributed by atoms with Crippen molar-refractivity contribution in [1.29, 1.82) is 0 Å². The first-order valence-corrected chi connectivity index (χ1v) is 11.2. The van der Waals surface area contributed by atoms with E-state index in [9.17, 15) is 0 Å². The third-order valence-corrected chi connectivity index (χ3v) is 7.53. The summed E-state index contributed by atoms with van der Waals surface area (Å²) in [5.74, 6) is 0. The van der Waals surface area contributed by atoms with Crippen LogP contribution in [0, 0.1) is 0 Å². The fourth-order valence-electron chi connectivity index (χ4n) is 3.89. The van der Waals surface area contributed by atoms with Crippen molar-refractivity contribution in [2.45, 2.75) is 48.7 Å². The molecule has 2 heterocycles. The molecule has 30 heavy (non-hydrogen) atoms. The lowest BCUT2D eigenvalue weighted by atomic mass is 9.77. The third-order valence-electron chi connectivity index (χ3n) is 6.36. The molecule has 0 aliphatic carbocycles. The summed E-state index contributed by atoms with van der Waals surface area (Å²) in [7, 11) is -0.355. The van der Waals surface area contributed by atoms with Crippen LogP contribution < -0.4 is 5.46 Å². The van der Waals surface area contributed by atoms with E-state index in [0.29, 0.717) is 0 Å². The normalized spacial score (nSPS) is 18.6. The quantitative estimate of drug-likeness (QED) is 0.361. The van der Waals surface area contributed by atoms with Gasteiger partial charge >= 0.3 is 7.12 Å². The summed E-state index contributed by atoms with van der Waals surface area (Å²) in [4.78, 5) is 2.56. The van der Waals surface area contributed by atoms with E-state index in [4.69, 9.17) is 9.31 Å². The standard InChI is InChI=1S/C26H25BO2S/c1-25(2)26(3,4)29-27(28-25)20-11-7-10-19(17-20)21-12-8-14-24-22(21)16-15-18-9-5-6-13-23(18)30-24/h5-17H,1-4H3. The molecule has 1 saturated heterocycles. The maximum Gasteiger partial charge on any atom is 0.494 e. The number of fused-ring (bicyclic) bond motifs is 2. The highest BCUT2D eigenvalue weighted by Crippen LogP contribution is 2.41. The molecule has 0 saturated carbocycles. The van der Waals surface area contributed by atoms with Crippen LogP contribution in [0.3, 0.4) is 0 Å². The minimum absolute atomic E-state index is 0.345. The molecule has 0 bridgehead atoms. The number of benzene rings is 3. The summed E-state index contributed by atoms with van der Waals surface area (Å²) in [6, 6.07) is 23.6. The molecule has 4 heteroatoms. The van der Waals surface area contributed by atoms with Crippen molar-refractivity contribution < 1.29 is 9.31 Å². The molecule has 0 atom stereocenters. The van der Waals surface area contributed by atoms with Crippen LogP contribution in [0.4, 0.5) is 0 Å². The van der Waals surface area contributed by atoms with Gasteiger partial charge in [-0.15, -0.1) is 0 Å². The molecule has 2 aliphatic rings. The van der Waals surface area contributed by atoms with E-state index in [1.165, 1.54) is 32.0 Å². The van der Waals surface area contributed by atoms with Gasteiger partial charge in [0.05, 0.1) is 11.2 Å². The molecule has 0 amide bonds. The number of rotatable bonds is 2. The zero-order valence-corrected chi connectivity index (χ0v) is 18.6. The van der Waals surface area contributed by atoms with Gasteiger partial charge in [0.25, 0.3) is 0 Å². The van der Waals surface area contributed by atoms with Crippen LogP contribution in [0.5, 0.6) is 0 Å². The molecule has 2 nitrogen and oxygen atoms in total. The van der Waals surface area contributed by atoms with Crippen molar-refractivity contribution >= 4 is 36.5 Å². The fraction of sp³-hybridized carbons (Fsp3) is 0.231. The van der Waals surface area contributed by atoms with E-state index in [1.807, 2.05) is 11.8 Å². The predicted octanol–water partition coefficient (Wildman–Crippen LogP) is 6.29. The summed E-state index contributed by atoms with van der Waals surface area (Å²) in [5, 5.41) is 0. The van der Waals surface area contributed by atoms with Gasteiger partial charge in [-0.1, -0.05) is 78.5 Å². The zero-order valence-electron chi connectivity index (χ0n) is 17.8. The highest BCUT2D eigenvalue weighted by Gasteiger charge is 2.51. The monoisotopic (exact) mass is 412 g/mol. The van der Waals surface area contributed by atoms with E-state index >= 15 is 0 Å². The molecule has 0 radical (unpaired) electrons. The molecule has 0 spiro atoms. The lowest BCUT2D eigenvalue weighted by molar-refractivity contribution is 0.00578. The maximum absolute atomic E-state index is 6.28. The van der Waals surface area contributed by atoms with Crippen molar-refractivity contribution in [2.24, 2.45) is 0 Å². The minimum Gasteiger partial charge on any atom is -0.399 e. The lowest BCUT2D eigenvalue weighted by Gasteiger charge is -2.32. The highest BCUT2D eigenvalue weighted by atomic mass is 32.2. The van der Waals surface area contributed by atoms with Crippen LogP contribution in [0.2, 0.25) is 0 Å². The van der Waals surface area contributed by atoms with Gasteiger partial charge in [-0.25, -0.2) is 0 Å². The molecule has 0 N–H and O–H groups in total. The van der Waals surface area contributed by atoms with Crippen molar-refractivity contribution in [1.82, 2.24) is 0 Å². The number of hydrogen-bond acceptors (Lipinski definition) is 3. The van der Waals surface area contributed by atoms with Crippen molar-refractivity contribution in [3.63, 3.8) is 0 Å². The second kappa shape index (κ2) is 7.16. The van der Waals surface area contributed by atoms with Crippen LogP contribution in [-0.2, 0) is 9.31 Å². The summed E-state index contributed by atoms with van der Waals surface area (Å²) in [5.41, 5.74) is 5.28. The summed E-state index contributed by atoms with van der Waals surface area (Å²) >= 11 is 1.83. The van der Waals surface area contributed by atoms with Crippen LogP contribution >= 0.6 is 11.8 Å². The highest BCUT2D eigenvalue weighted by molar-refractivity contribution is 7.99. The molecule has 150 valence electrons. The second-order valence-electron chi connectivity index (χ2n) is 8.90. The molecular weight excluding hydrogens is 387 g/mol. The molecule has 5 rings (SSSR count). The first-order valence-electron chi connectivity index (χ1n) is 10.4. The summed E-state index contributed by atoms with van der Waals surface area (Å²) in [6.07, 6.45) is 4.46. The number of hydrogen-bond donors (Lipinski definition) is 0. The van der Waals surface area contributed by atoms with E-state index in [0.717, 1.165) is 5.46 Å². The van der Waals surface area contributed by atoms with E-state index in [2.05, 4.69) is 107 Å². The minimum atomic E-state index is -0.355. The van der Waals surface area contributed by atoms with Gasteiger partial charge < -0.3 is 9.31 Å². The topological polar surface area (TPSA) is 18.5 Å². The second-order valence-corrected chi connectivity index (χ2v) is 9.99. The van der Waals surface area contributed by atoms with Crippen molar-refractivity contribution in [2.75, 3.05) is 0 Å². The largest absolute Gasteiger partial charge is 0.494 e. The van der Waals surface area contributed by atoms with E-state index < -0.39 is 0 Å². The summed E-state index contributed by atoms with van der Waals surface area (Å²) in [6.45, 7) is 8.36. The Bertz CT molecular complexity index is 1130. The van der Waals surface area contributed by atoms with E-state index in [-0.39, 0.29) is 18.3 Å². The molecule has 1 fully saturated rings. The molecule has 2 aliphatic heterocycles. The van der Waals surface area contributed by atoms with Gasteiger partial charge in [-0.3, -0.25) is 0 Å². The Labute approximate surface area is 183 Å². The molecule has 0 aromatic heterocycles. The van der Waals surface area contributed by atoms with Crippen molar-refractivity contribution in [3.05, 3.63) is 77.9 Å². The molecule has 3 aromatic rings. The first-order chi connectivity index (χ1) is 14.3. The third kappa shape index (κ3) is 3.33. The summed E-state index contributed by atoms with van der Waals surface area (Å²) < 4.78 is 12.6. The Balaban J connectivity index is 1.54. The van der Waals surface area contributed by atoms with Crippen molar-refractivity contribution in [3.8, 4) is 11.1 Å². The Morgan fingerprint density at radius 2 is 1.43 bits per heavy atom. The molecular formula is C26H25BO2S. The zero-order chi connectivity index (χ0) is 20.9. The Kier molecular flexibility index (Phi) is 4.70. The van der Waals surface area contributed by atoms with Gasteiger partial charge in [-0.05, 0) is 67.5 Å². The predicted molar refractivity (Wildman–Crippen MR) is 127 cm³/mol. The smallest absolute Gasteiger partial charge is 0.399 e. The Hall–Kier alpha value is -2.27. The first kappa shape index (κ1) is 19.7.